The van der Waals surface area contributed by atoms with E-state index in [9.17, 15) is 14.0 Å². The lowest BCUT2D eigenvalue weighted by atomic mass is 10.0. The number of piperidine rings is 1. The van der Waals surface area contributed by atoms with Gasteiger partial charge in [0, 0.05) is 6.54 Å². The van der Waals surface area contributed by atoms with Crippen LogP contribution < -0.4 is 0 Å². The molecule has 0 bridgehead atoms. The second-order valence-electron chi connectivity index (χ2n) is 5.68. The number of esters is 1. The Bertz CT molecular complexity index is 755. The summed E-state index contributed by atoms with van der Waals surface area (Å²) in [6.07, 6.45) is 2.25. The number of ether oxygens (including phenoxy) is 1. The largest absolute Gasteiger partial charge is 0.467 e. The van der Waals surface area contributed by atoms with Gasteiger partial charge in [0.15, 0.2) is 5.76 Å². The van der Waals surface area contributed by atoms with E-state index in [-0.39, 0.29) is 17.4 Å². The molecule has 1 saturated heterocycles. The minimum Gasteiger partial charge on any atom is -0.467 e. The summed E-state index contributed by atoms with van der Waals surface area (Å²) in [6.45, 7) is 0.467. The Morgan fingerprint density at radius 3 is 2.75 bits per heavy atom. The molecule has 1 amide bonds. The maximum Gasteiger partial charge on any atom is 0.328 e. The zero-order chi connectivity index (χ0) is 17.1. The summed E-state index contributed by atoms with van der Waals surface area (Å²) in [5.74, 6) is -0.861. The normalized spacial score (nSPS) is 17.6. The molecular weight excluding hydrogens is 313 g/mol. The first-order valence-electron chi connectivity index (χ1n) is 7.85. The fourth-order valence-corrected chi connectivity index (χ4v) is 2.96. The molecule has 1 fully saturated rings. The molecule has 0 radical (unpaired) electrons. The number of hydrogen-bond donors (Lipinski definition) is 0. The Morgan fingerprint density at radius 2 is 2.00 bits per heavy atom. The SMILES string of the molecule is COC(=O)C1CCCCN1C(=O)c1ccc(-c2ccccc2F)o1. The zero-order valence-electron chi connectivity index (χ0n) is 13.3. The van der Waals surface area contributed by atoms with Crippen LogP contribution in [-0.4, -0.2) is 36.5 Å². The van der Waals surface area contributed by atoms with Gasteiger partial charge >= 0.3 is 5.97 Å². The number of furan rings is 1. The first-order chi connectivity index (χ1) is 11.6. The van der Waals surface area contributed by atoms with Gasteiger partial charge in [-0.2, -0.15) is 0 Å². The van der Waals surface area contributed by atoms with E-state index in [1.165, 1.54) is 24.1 Å². The molecule has 1 aliphatic heterocycles. The van der Waals surface area contributed by atoms with E-state index in [1.807, 2.05) is 0 Å². The molecule has 1 atom stereocenters. The van der Waals surface area contributed by atoms with Crippen LogP contribution in [0.15, 0.2) is 40.8 Å². The average molecular weight is 331 g/mol. The average Bonchev–Trinajstić information content (AvgIpc) is 3.10. The van der Waals surface area contributed by atoms with Crippen molar-refractivity contribution in [3.8, 4) is 11.3 Å². The van der Waals surface area contributed by atoms with E-state index in [4.69, 9.17) is 9.15 Å². The molecule has 1 unspecified atom stereocenters. The highest BCUT2D eigenvalue weighted by Crippen LogP contribution is 2.27. The molecule has 0 saturated carbocycles. The van der Waals surface area contributed by atoms with Gasteiger partial charge in [-0.05, 0) is 43.5 Å². The lowest BCUT2D eigenvalue weighted by molar-refractivity contribution is -0.147. The van der Waals surface area contributed by atoms with Gasteiger partial charge in [0.1, 0.15) is 17.6 Å². The van der Waals surface area contributed by atoms with Crippen molar-refractivity contribution >= 4 is 11.9 Å². The maximum absolute atomic E-state index is 13.8. The van der Waals surface area contributed by atoms with E-state index in [1.54, 1.807) is 24.3 Å². The van der Waals surface area contributed by atoms with E-state index in [0.29, 0.717) is 18.5 Å². The number of carbonyl (C=O) groups excluding carboxylic acids is 2. The third kappa shape index (κ3) is 3.04. The molecule has 1 aromatic carbocycles. The molecule has 126 valence electrons. The molecule has 1 aliphatic rings. The number of amides is 1. The number of methoxy groups -OCH3 is 1. The minimum atomic E-state index is -0.599. The number of hydrogen-bond acceptors (Lipinski definition) is 4. The molecule has 24 heavy (non-hydrogen) atoms. The van der Waals surface area contributed by atoms with Crippen molar-refractivity contribution in [1.29, 1.82) is 0 Å². The fourth-order valence-electron chi connectivity index (χ4n) is 2.96. The summed E-state index contributed by atoms with van der Waals surface area (Å²) in [7, 11) is 1.31. The Balaban J connectivity index is 1.85. The van der Waals surface area contributed by atoms with Crippen molar-refractivity contribution in [2.75, 3.05) is 13.7 Å². The van der Waals surface area contributed by atoms with Gasteiger partial charge in [0.05, 0.1) is 12.7 Å². The van der Waals surface area contributed by atoms with Crippen molar-refractivity contribution in [2.45, 2.75) is 25.3 Å². The van der Waals surface area contributed by atoms with Crippen LogP contribution in [0.4, 0.5) is 4.39 Å². The monoisotopic (exact) mass is 331 g/mol. The van der Waals surface area contributed by atoms with Crippen LogP contribution in [0.25, 0.3) is 11.3 Å². The Morgan fingerprint density at radius 1 is 1.21 bits per heavy atom. The second-order valence-corrected chi connectivity index (χ2v) is 5.68. The number of rotatable bonds is 3. The van der Waals surface area contributed by atoms with Gasteiger partial charge in [-0.25, -0.2) is 9.18 Å². The van der Waals surface area contributed by atoms with Crippen molar-refractivity contribution in [3.63, 3.8) is 0 Å². The lowest BCUT2D eigenvalue weighted by Crippen LogP contribution is -2.48. The van der Waals surface area contributed by atoms with Crippen LogP contribution in [0.3, 0.4) is 0 Å². The predicted octanol–water partition coefficient (Wildman–Crippen LogP) is 3.25. The maximum atomic E-state index is 13.8. The Kier molecular flexibility index (Phi) is 4.64. The third-order valence-corrected chi connectivity index (χ3v) is 4.19. The lowest BCUT2D eigenvalue weighted by Gasteiger charge is -2.33. The smallest absolute Gasteiger partial charge is 0.328 e. The van der Waals surface area contributed by atoms with Crippen molar-refractivity contribution in [2.24, 2.45) is 0 Å². The highest BCUT2D eigenvalue weighted by atomic mass is 19.1. The van der Waals surface area contributed by atoms with E-state index in [2.05, 4.69) is 0 Å². The number of carbonyl (C=O) groups is 2. The fraction of sp³-hybridized carbons (Fsp3) is 0.333. The summed E-state index contributed by atoms with van der Waals surface area (Å²) in [6, 6.07) is 8.66. The Labute approximate surface area is 139 Å². The first-order valence-corrected chi connectivity index (χ1v) is 7.85. The van der Waals surface area contributed by atoms with Gasteiger partial charge < -0.3 is 14.1 Å². The van der Waals surface area contributed by atoms with Gasteiger partial charge in [0.25, 0.3) is 5.91 Å². The topological polar surface area (TPSA) is 59.8 Å². The van der Waals surface area contributed by atoms with Gasteiger partial charge in [-0.3, -0.25) is 4.79 Å². The van der Waals surface area contributed by atoms with Gasteiger partial charge in [-0.1, -0.05) is 12.1 Å². The van der Waals surface area contributed by atoms with Gasteiger partial charge in [0.2, 0.25) is 0 Å². The molecule has 0 aliphatic carbocycles. The van der Waals surface area contributed by atoms with Crippen LogP contribution in [0.2, 0.25) is 0 Å². The molecule has 2 aromatic rings. The molecule has 6 heteroatoms. The summed E-state index contributed by atoms with van der Waals surface area (Å²) in [4.78, 5) is 26.1. The molecule has 5 nitrogen and oxygen atoms in total. The highest BCUT2D eigenvalue weighted by molar-refractivity contribution is 5.95. The second kappa shape index (κ2) is 6.86. The first kappa shape index (κ1) is 16.2. The van der Waals surface area contributed by atoms with E-state index < -0.39 is 17.8 Å². The van der Waals surface area contributed by atoms with Crippen molar-refractivity contribution in [1.82, 2.24) is 4.90 Å². The van der Waals surface area contributed by atoms with Gasteiger partial charge in [-0.15, -0.1) is 0 Å². The van der Waals surface area contributed by atoms with Crippen LogP contribution in [0.1, 0.15) is 29.8 Å². The van der Waals surface area contributed by atoms with Crippen molar-refractivity contribution < 1.29 is 23.1 Å². The predicted molar refractivity (Wildman–Crippen MR) is 84.8 cm³/mol. The van der Waals surface area contributed by atoms with Crippen LogP contribution in [0, 0.1) is 5.82 Å². The zero-order valence-corrected chi connectivity index (χ0v) is 13.3. The summed E-state index contributed by atoms with van der Waals surface area (Å²) >= 11 is 0. The Hall–Kier alpha value is -2.63. The molecule has 2 heterocycles. The van der Waals surface area contributed by atoms with Crippen LogP contribution in [-0.2, 0) is 9.53 Å². The summed E-state index contributed by atoms with van der Waals surface area (Å²) in [5.41, 5.74) is 0.291. The minimum absolute atomic E-state index is 0.0871. The highest BCUT2D eigenvalue weighted by Gasteiger charge is 2.34. The van der Waals surface area contributed by atoms with E-state index >= 15 is 0 Å². The molecule has 0 N–H and O–H groups in total. The molecular formula is C18H18FNO4. The van der Waals surface area contributed by atoms with E-state index in [0.717, 1.165) is 12.8 Å². The van der Waals surface area contributed by atoms with Crippen LogP contribution >= 0.6 is 0 Å². The molecule has 1 aromatic heterocycles. The summed E-state index contributed by atoms with van der Waals surface area (Å²) in [5, 5.41) is 0. The number of halogens is 1. The number of likely N-dealkylation sites (tertiary alicyclic amines) is 1. The standard InChI is InChI=1S/C18H18FNO4/c1-23-18(22)14-8-4-5-11-20(14)17(21)16-10-9-15(24-16)12-6-2-3-7-13(12)19/h2-3,6-7,9-10,14H,4-5,8,11H2,1H3. The molecule has 0 spiro atoms. The number of benzene rings is 1. The summed E-state index contributed by atoms with van der Waals surface area (Å²) < 4.78 is 24.2. The number of nitrogens with zero attached hydrogens (tertiary/aromatic N) is 1. The third-order valence-electron chi connectivity index (χ3n) is 4.19. The molecule has 3 rings (SSSR count). The quantitative estimate of drug-likeness (QED) is 0.810. The van der Waals surface area contributed by atoms with Crippen LogP contribution in [0.5, 0.6) is 0 Å². The van der Waals surface area contributed by atoms with Crippen molar-refractivity contribution in [3.05, 3.63) is 48.0 Å².